The average Bonchev–Trinajstić information content (AvgIpc) is 3.44. The first kappa shape index (κ1) is 18.3. The molecule has 7 heteroatoms. The molecule has 2 aliphatic heterocycles. The standard InChI is InChI=1S/C22H25N3O4/c1-27-18-8-5-9-19(28-2)20(18)21(26)24-10-14-12-25(13-15(14)11-24)22-23-16-6-3-4-7-17(16)29-22/h3-9,14-15,21,26H,10-13H2,1-2H3. The molecule has 2 aromatic carbocycles. The molecule has 0 saturated carbocycles. The van der Waals surface area contributed by atoms with E-state index in [9.17, 15) is 5.11 Å². The molecule has 0 aliphatic carbocycles. The number of ether oxygens (including phenoxy) is 2. The van der Waals surface area contributed by atoms with Gasteiger partial charge in [-0.25, -0.2) is 0 Å². The SMILES string of the molecule is COc1cccc(OC)c1C(O)N1CC2CN(c3nc4ccccc4o3)CC2C1. The van der Waals surface area contributed by atoms with Crippen LogP contribution < -0.4 is 14.4 Å². The van der Waals surface area contributed by atoms with Crippen molar-refractivity contribution in [2.45, 2.75) is 6.23 Å². The summed E-state index contributed by atoms with van der Waals surface area (Å²) in [5.41, 5.74) is 2.40. The molecule has 5 rings (SSSR count). The number of hydrogen-bond acceptors (Lipinski definition) is 7. The van der Waals surface area contributed by atoms with Crippen molar-refractivity contribution in [3.05, 3.63) is 48.0 Å². The fourth-order valence-electron chi connectivity index (χ4n) is 4.70. The normalized spacial score (nSPS) is 22.8. The summed E-state index contributed by atoms with van der Waals surface area (Å²) in [7, 11) is 3.23. The lowest BCUT2D eigenvalue weighted by molar-refractivity contribution is 0.0105. The van der Waals surface area contributed by atoms with E-state index in [1.807, 2.05) is 42.5 Å². The van der Waals surface area contributed by atoms with Crippen LogP contribution in [-0.4, -0.2) is 55.4 Å². The van der Waals surface area contributed by atoms with Crippen LogP contribution in [0.2, 0.25) is 0 Å². The Kier molecular flexibility index (Phi) is 4.56. The van der Waals surface area contributed by atoms with Gasteiger partial charge in [0.05, 0.1) is 19.8 Å². The summed E-state index contributed by atoms with van der Waals surface area (Å²) >= 11 is 0. The molecule has 2 saturated heterocycles. The van der Waals surface area contributed by atoms with E-state index in [0.717, 1.165) is 37.3 Å². The third-order valence-corrected chi connectivity index (χ3v) is 6.14. The zero-order valence-corrected chi connectivity index (χ0v) is 16.6. The van der Waals surface area contributed by atoms with Crippen LogP contribution in [0.3, 0.4) is 0 Å². The molecule has 2 fully saturated rings. The van der Waals surface area contributed by atoms with Gasteiger partial charge >= 0.3 is 0 Å². The van der Waals surface area contributed by atoms with Gasteiger partial charge in [0.2, 0.25) is 0 Å². The van der Waals surface area contributed by atoms with Crippen LogP contribution in [0.15, 0.2) is 46.9 Å². The summed E-state index contributed by atoms with van der Waals surface area (Å²) in [4.78, 5) is 8.97. The molecule has 3 heterocycles. The van der Waals surface area contributed by atoms with Gasteiger partial charge in [-0.2, -0.15) is 4.98 Å². The Morgan fingerprint density at radius 1 is 0.966 bits per heavy atom. The van der Waals surface area contributed by atoms with Crippen molar-refractivity contribution in [1.29, 1.82) is 0 Å². The van der Waals surface area contributed by atoms with Gasteiger partial charge < -0.3 is 23.9 Å². The quantitative estimate of drug-likeness (QED) is 0.712. The lowest BCUT2D eigenvalue weighted by Gasteiger charge is -2.27. The van der Waals surface area contributed by atoms with Gasteiger partial charge in [0.25, 0.3) is 6.01 Å². The van der Waals surface area contributed by atoms with Crippen molar-refractivity contribution in [3.63, 3.8) is 0 Å². The van der Waals surface area contributed by atoms with Gasteiger partial charge in [-0.3, -0.25) is 4.90 Å². The summed E-state index contributed by atoms with van der Waals surface area (Å²) in [6.07, 6.45) is -0.760. The maximum atomic E-state index is 11.1. The topological polar surface area (TPSA) is 71.2 Å². The van der Waals surface area contributed by atoms with Crippen molar-refractivity contribution in [1.82, 2.24) is 9.88 Å². The smallest absolute Gasteiger partial charge is 0.298 e. The number of nitrogens with zero attached hydrogens (tertiary/aromatic N) is 3. The molecule has 0 radical (unpaired) electrons. The Morgan fingerprint density at radius 2 is 1.62 bits per heavy atom. The summed E-state index contributed by atoms with van der Waals surface area (Å²) in [5.74, 6) is 2.20. The van der Waals surface area contributed by atoms with Crippen LogP contribution >= 0.6 is 0 Å². The first-order valence-electron chi connectivity index (χ1n) is 9.91. The first-order valence-corrected chi connectivity index (χ1v) is 9.91. The number of aromatic nitrogens is 1. The van der Waals surface area contributed by atoms with Gasteiger partial charge in [-0.05, 0) is 36.1 Å². The minimum atomic E-state index is -0.760. The molecule has 1 aromatic heterocycles. The molecule has 29 heavy (non-hydrogen) atoms. The number of aliphatic hydroxyl groups excluding tert-OH is 1. The lowest BCUT2D eigenvalue weighted by atomic mass is 10.0. The minimum absolute atomic E-state index is 0.459. The molecule has 3 unspecified atom stereocenters. The predicted molar refractivity (Wildman–Crippen MR) is 109 cm³/mol. The van der Waals surface area contributed by atoms with E-state index in [1.54, 1.807) is 14.2 Å². The van der Waals surface area contributed by atoms with Gasteiger partial charge in [-0.15, -0.1) is 0 Å². The van der Waals surface area contributed by atoms with E-state index in [1.165, 1.54) is 0 Å². The maximum absolute atomic E-state index is 11.1. The molecule has 0 bridgehead atoms. The van der Waals surface area contributed by atoms with E-state index >= 15 is 0 Å². The van der Waals surface area contributed by atoms with E-state index in [0.29, 0.717) is 34.9 Å². The number of aliphatic hydroxyl groups is 1. The fourth-order valence-corrected chi connectivity index (χ4v) is 4.70. The second kappa shape index (κ2) is 7.24. The van der Waals surface area contributed by atoms with E-state index in [2.05, 4.69) is 14.8 Å². The van der Waals surface area contributed by atoms with E-state index < -0.39 is 6.23 Å². The Labute approximate surface area is 169 Å². The number of methoxy groups -OCH3 is 2. The number of anilines is 1. The molecule has 7 nitrogen and oxygen atoms in total. The molecular weight excluding hydrogens is 370 g/mol. The Balaban J connectivity index is 1.31. The molecule has 0 spiro atoms. The third-order valence-electron chi connectivity index (χ3n) is 6.14. The molecule has 3 atom stereocenters. The van der Waals surface area contributed by atoms with E-state index in [-0.39, 0.29) is 0 Å². The first-order chi connectivity index (χ1) is 14.2. The van der Waals surface area contributed by atoms with Crippen LogP contribution in [0.25, 0.3) is 11.1 Å². The van der Waals surface area contributed by atoms with Gasteiger partial charge in [-0.1, -0.05) is 18.2 Å². The van der Waals surface area contributed by atoms with Crippen molar-refractivity contribution in [3.8, 4) is 11.5 Å². The van der Waals surface area contributed by atoms with Crippen LogP contribution in [0.5, 0.6) is 11.5 Å². The van der Waals surface area contributed by atoms with Crippen LogP contribution in [-0.2, 0) is 0 Å². The number of fused-ring (bicyclic) bond motifs is 2. The monoisotopic (exact) mass is 395 g/mol. The zero-order chi connectivity index (χ0) is 20.0. The van der Waals surface area contributed by atoms with Gasteiger partial charge in [0.15, 0.2) is 5.58 Å². The van der Waals surface area contributed by atoms with Crippen LogP contribution in [0, 0.1) is 11.8 Å². The molecule has 152 valence electrons. The lowest BCUT2D eigenvalue weighted by Crippen LogP contribution is -2.32. The second-order valence-electron chi connectivity index (χ2n) is 7.79. The molecule has 1 N–H and O–H groups in total. The highest BCUT2D eigenvalue weighted by molar-refractivity contribution is 5.74. The van der Waals surface area contributed by atoms with Crippen molar-refractivity contribution < 1.29 is 19.0 Å². The summed E-state index contributed by atoms with van der Waals surface area (Å²) < 4.78 is 16.9. The number of likely N-dealkylation sites (tertiary alicyclic amines) is 1. The molecule has 2 aliphatic rings. The Bertz CT molecular complexity index is 951. The molecule has 0 amide bonds. The van der Waals surface area contributed by atoms with Crippen LogP contribution in [0.1, 0.15) is 11.8 Å². The number of rotatable bonds is 5. The van der Waals surface area contributed by atoms with Crippen molar-refractivity contribution in [2.24, 2.45) is 11.8 Å². The van der Waals surface area contributed by atoms with Crippen molar-refractivity contribution in [2.75, 3.05) is 45.3 Å². The third kappa shape index (κ3) is 3.10. The number of oxazole rings is 1. The van der Waals surface area contributed by atoms with Gasteiger partial charge in [0, 0.05) is 26.2 Å². The highest BCUT2D eigenvalue weighted by atomic mass is 16.5. The highest BCUT2D eigenvalue weighted by Gasteiger charge is 2.44. The summed E-state index contributed by atoms with van der Waals surface area (Å²) in [5, 5.41) is 11.1. The molecule has 3 aromatic rings. The number of para-hydroxylation sites is 2. The van der Waals surface area contributed by atoms with E-state index in [4.69, 9.17) is 13.9 Å². The largest absolute Gasteiger partial charge is 0.496 e. The average molecular weight is 395 g/mol. The maximum Gasteiger partial charge on any atom is 0.298 e. The highest BCUT2D eigenvalue weighted by Crippen LogP contribution is 2.41. The van der Waals surface area contributed by atoms with Crippen molar-refractivity contribution >= 4 is 17.1 Å². The fraction of sp³-hybridized carbons (Fsp3) is 0.409. The van der Waals surface area contributed by atoms with Gasteiger partial charge in [0.1, 0.15) is 23.2 Å². The number of hydrogen-bond donors (Lipinski definition) is 1. The second-order valence-corrected chi connectivity index (χ2v) is 7.79. The zero-order valence-electron chi connectivity index (χ0n) is 16.6. The summed E-state index contributed by atoms with van der Waals surface area (Å²) in [6.45, 7) is 3.38. The Morgan fingerprint density at radius 3 is 2.24 bits per heavy atom. The minimum Gasteiger partial charge on any atom is -0.496 e. The van der Waals surface area contributed by atoms with Crippen LogP contribution in [0.4, 0.5) is 6.01 Å². The molecular formula is C22H25N3O4. The summed E-state index contributed by atoms with van der Waals surface area (Å²) in [6, 6.07) is 14.1. The predicted octanol–water partition coefficient (Wildman–Crippen LogP) is 2.90. The Hall–Kier alpha value is -2.77. The number of benzene rings is 2.